The molecule has 1 spiro atoms. The van der Waals surface area contributed by atoms with Crippen LogP contribution in [0.2, 0.25) is 0 Å². The van der Waals surface area contributed by atoms with E-state index in [-0.39, 0.29) is 12.5 Å². The fourth-order valence-electron chi connectivity index (χ4n) is 4.47. The third kappa shape index (κ3) is 2.41. The topological polar surface area (TPSA) is 62.3 Å². The summed E-state index contributed by atoms with van der Waals surface area (Å²) in [6.45, 7) is -0.0140. The summed E-state index contributed by atoms with van der Waals surface area (Å²) in [6.07, 6.45) is 3.89. The first-order valence-corrected chi connectivity index (χ1v) is 9.34. The van der Waals surface area contributed by atoms with Crippen molar-refractivity contribution in [2.24, 2.45) is 0 Å². The van der Waals surface area contributed by atoms with Crippen molar-refractivity contribution in [1.82, 2.24) is 15.2 Å². The molecule has 6 heteroatoms. The number of aryl methyl sites for hydroxylation is 1. The van der Waals surface area contributed by atoms with Crippen LogP contribution in [0.5, 0.6) is 0 Å². The maximum absolute atomic E-state index is 14.1. The van der Waals surface area contributed by atoms with E-state index in [1.807, 2.05) is 24.3 Å². The molecule has 1 saturated heterocycles. The molecule has 5 nitrogen and oxygen atoms in total. The van der Waals surface area contributed by atoms with Crippen molar-refractivity contribution in [2.75, 3.05) is 0 Å². The highest BCUT2D eigenvalue weighted by molar-refractivity contribution is 6.08. The molecule has 3 amide bonds. The first kappa shape index (κ1) is 16.9. The van der Waals surface area contributed by atoms with Crippen molar-refractivity contribution in [3.8, 4) is 0 Å². The van der Waals surface area contributed by atoms with Crippen LogP contribution in [0.15, 0.2) is 54.7 Å². The van der Waals surface area contributed by atoms with E-state index in [0.717, 1.165) is 24.0 Å². The number of carbonyl (C=O) groups excluding carboxylic acids is 2. The number of rotatable bonds is 2. The van der Waals surface area contributed by atoms with Gasteiger partial charge >= 0.3 is 6.03 Å². The molecule has 2 aromatic carbocycles. The molecule has 28 heavy (non-hydrogen) atoms. The summed E-state index contributed by atoms with van der Waals surface area (Å²) < 4.78 is 14.1. The zero-order valence-corrected chi connectivity index (χ0v) is 15.1. The summed E-state index contributed by atoms with van der Waals surface area (Å²) in [5.41, 5.74) is 2.03. The second-order valence-electron chi connectivity index (χ2n) is 7.38. The normalized spacial score (nSPS) is 21.2. The second-order valence-corrected chi connectivity index (χ2v) is 7.38. The van der Waals surface area contributed by atoms with E-state index < -0.39 is 17.4 Å². The van der Waals surface area contributed by atoms with E-state index in [2.05, 4.69) is 10.3 Å². The zero-order chi connectivity index (χ0) is 19.3. The van der Waals surface area contributed by atoms with Gasteiger partial charge in [0.15, 0.2) is 0 Å². The Bertz CT molecular complexity index is 1130. The molecule has 2 heterocycles. The molecule has 140 valence electrons. The SMILES string of the molecule is O=C1NC2(CCCc3ccccc32)C(=O)N1Cc1cc(F)cc2cccnc12. The highest BCUT2D eigenvalue weighted by atomic mass is 19.1. The number of nitrogens with zero attached hydrogens (tertiary/aromatic N) is 2. The zero-order valence-electron chi connectivity index (χ0n) is 15.1. The maximum Gasteiger partial charge on any atom is 0.325 e. The van der Waals surface area contributed by atoms with Gasteiger partial charge in [-0.1, -0.05) is 30.3 Å². The molecule has 1 N–H and O–H groups in total. The number of amides is 3. The monoisotopic (exact) mass is 375 g/mol. The van der Waals surface area contributed by atoms with Crippen LogP contribution in [0.4, 0.5) is 9.18 Å². The number of hydrogen-bond donors (Lipinski definition) is 1. The standard InChI is InChI=1S/C22H18FN3O2/c23-17-11-15-7-4-10-24-19(15)16(12-17)13-26-20(27)22(25-21(26)28)9-3-6-14-5-1-2-8-18(14)22/h1-2,4-5,7-8,10-12H,3,6,9,13H2,(H,25,28). The maximum atomic E-state index is 14.1. The van der Waals surface area contributed by atoms with E-state index in [1.54, 1.807) is 18.3 Å². The molecule has 0 radical (unpaired) electrons. The number of urea groups is 1. The van der Waals surface area contributed by atoms with Crippen molar-refractivity contribution in [1.29, 1.82) is 0 Å². The molecule has 1 aliphatic carbocycles. The molecule has 2 aliphatic rings. The number of pyridine rings is 1. The summed E-state index contributed by atoms with van der Waals surface area (Å²) in [4.78, 5) is 31.7. The Morgan fingerprint density at radius 2 is 2.00 bits per heavy atom. The van der Waals surface area contributed by atoms with Crippen LogP contribution in [0.25, 0.3) is 10.9 Å². The Morgan fingerprint density at radius 1 is 1.14 bits per heavy atom. The third-order valence-electron chi connectivity index (χ3n) is 5.73. The largest absolute Gasteiger partial charge is 0.325 e. The molecular formula is C22H18FN3O2. The van der Waals surface area contributed by atoms with Crippen molar-refractivity contribution < 1.29 is 14.0 Å². The van der Waals surface area contributed by atoms with Gasteiger partial charge in [-0.2, -0.15) is 0 Å². The number of hydrogen-bond acceptors (Lipinski definition) is 3. The highest BCUT2D eigenvalue weighted by Gasteiger charge is 2.53. The van der Waals surface area contributed by atoms with E-state index in [4.69, 9.17) is 0 Å². The van der Waals surface area contributed by atoms with Crippen LogP contribution in [-0.4, -0.2) is 21.8 Å². The Kier molecular flexibility index (Phi) is 3.69. The molecular weight excluding hydrogens is 357 g/mol. The van der Waals surface area contributed by atoms with Crippen molar-refractivity contribution in [2.45, 2.75) is 31.3 Å². The van der Waals surface area contributed by atoms with E-state index in [9.17, 15) is 14.0 Å². The minimum absolute atomic E-state index is 0.0140. The Hall–Kier alpha value is -3.28. The molecule has 1 aromatic heterocycles. The van der Waals surface area contributed by atoms with Gasteiger partial charge in [0.05, 0.1) is 12.1 Å². The first-order chi connectivity index (χ1) is 13.6. The summed E-state index contributed by atoms with van der Waals surface area (Å²) >= 11 is 0. The fourth-order valence-corrected chi connectivity index (χ4v) is 4.47. The van der Waals surface area contributed by atoms with E-state index in [0.29, 0.717) is 22.9 Å². The number of nitrogens with one attached hydrogen (secondary N) is 1. The predicted molar refractivity (Wildman–Crippen MR) is 102 cm³/mol. The van der Waals surface area contributed by atoms with Crippen molar-refractivity contribution in [3.05, 3.63) is 77.2 Å². The summed E-state index contributed by atoms with van der Waals surface area (Å²) in [7, 11) is 0. The van der Waals surface area contributed by atoms with E-state index in [1.165, 1.54) is 17.0 Å². The number of carbonyl (C=O) groups is 2. The molecule has 0 saturated carbocycles. The van der Waals surface area contributed by atoms with Gasteiger partial charge in [0.2, 0.25) is 0 Å². The molecule has 1 fully saturated rings. The lowest BCUT2D eigenvalue weighted by atomic mass is 9.76. The third-order valence-corrected chi connectivity index (χ3v) is 5.73. The van der Waals surface area contributed by atoms with Crippen molar-refractivity contribution >= 4 is 22.8 Å². The lowest BCUT2D eigenvalue weighted by molar-refractivity contribution is -0.132. The minimum Gasteiger partial charge on any atom is -0.319 e. The molecule has 1 atom stereocenters. The van der Waals surface area contributed by atoms with E-state index >= 15 is 0 Å². The van der Waals surface area contributed by atoms with Crippen LogP contribution in [-0.2, 0) is 23.3 Å². The average Bonchev–Trinajstić information content (AvgIpc) is 2.93. The lowest BCUT2D eigenvalue weighted by Gasteiger charge is -2.33. The first-order valence-electron chi connectivity index (χ1n) is 9.34. The number of benzene rings is 2. The number of imide groups is 1. The number of aromatic nitrogens is 1. The molecule has 5 rings (SSSR count). The van der Waals surface area contributed by atoms with Gasteiger partial charge in [-0.05, 0) is 48.6 Å². The predicted octanol–water partition coefficient (Wildman–Crippen LogP) is 3.66. The molecule has 0 bridgehead atoms. The van der Waals surface area contributed by atoms with Crippen LogP contribution in [0.3, 0.4) is 0 Å². The minimum atomic E-state index is -1.03. The van der Waals surface area contributed by atoms with Crippen LogP contribution >= 0.6 is 0 Å². The van der Waals surface area contributed by atoms with Gasteiger partial charge in [-0.3, -0.25) is 14.7 Å². The fraction of sp³-hybridized carbons (Fsp3) is 0.227. The Balaban J connectivity index is 1.56. The number of halogens is 1. The summed E-state index contributed by atoms with van der Waals surface area (Å²) in [5.74, 6) is -0.696. The van der Waals surface area contributed by atoms with Gasteiger partial charge in [0, 0.05) is 17.1 Å². The van der Waals surface area contributed by atoms with Crippen LogP contribution in [0, 0.1) is 5.82 Å². The van der Waals surface area contributed by atoms with Crippen molar-refractivity contribution in [3.63, 3.8) is 0 Å². The van der Waals surface area contributed by atoms with Gasteiger partial charge in [-0.15, -0.1) is 0 Å². The second kappa shape index (κ2) is 6.12. The summed E-state index contributed by atoms with van der Waals surface area (Å²) in [5, 5.41) is 3.57. The molecule has 3 aromatic rings. The van der Waals surface area contributed by atoms with Crippen LogP contribution < -0.4 is 5.32 Å². The molecule has 1 aliphatic heterocycles. The quantitative estimate of drug-likeness (QED) is 0.696. The Morgan fingerprint density at radius 3 is 2.89 bits per heavy atom. The smallest absolute Gasteiger partial charge is 0.319 e. The van der Waals surface area contributed by atoms with Gasteiger partial charge in [0.1, 0.15) is 11.4 Å². The van der Waals surface area contributed by atoms with Gasteiger partial charge in [-0.25, -0.2) is 9.18 Å². The molecule has 1 unspecified atom stereocenters. The summed E-state index contributed by atoms with van der Waals surface area (Å²) in [6, 6.07) is 13.5. The lowest BCUT2D eigenvalue weighted by Crippen LogP contribution is -2.46. The van der Waals surface area contributed by atoms with Gasteiger partial charge in [0.25, 0.3) is 5.91 Å². The van der Waals surface area contributed by atoms with Gasteiger partial charge < -0.3 is 5.32 Å². The highest BCUT2D eigenvalue weighted by Crippen LogP contribution is 2.40. The van der Waals surface area contributed by atoms with Crippen LogP contribution in [0.1, 0.15) is 29.5 Å². The average molecular weight is 375 g/mol. The Labute approximate surface area is 161 Å². The number of fused-ring (bicyclic) bond motifs is 3.